The molecular weight excluding hydrogens is 180 g/mol. The van der Waals surface area contributed by atoms with Crippen molar-refractivity contribution in [3.8, 4) is 0 Å². The van der Waals surface area contributed by atoms with Gasteiger partial charge >= 0.3 is 0 Å². The zero-order chi connectivity index (χ0) is 11.3. The molecule has 0 aliphatic heterocycles. The summed E-state index contributed by atoms with van der Waals surface area (Å²) in [6, 6.07) is 0. The van der Waals surface area contributed by atoms with E-state index in [1.54, 1.807) is 0 Å². The SMILES string of the molecule is C=C(C)C/C1=C(\C)C=C=C(CC)CC=C1. The van der Waals surface area contributed by atoms with Crippen LogP contribution >= 0.6 is 0 Å². The van der Waals surface area contributed by atoms with Gasteiger partial charge in [-0.25, -0.2) is 0 Å². The minimum absolute atomic E-state index is 0.974. The maximum absolute atomic E-state index is 3.96. The molecule has 0 heterocycles. The van der Waals surface area contributed by atoms with Crippen LogP contribution in [0.2, 0.25) is 0 Å². The molecule has 0 saturated carbocycles. The van der Waals surface area contributed by atoms with Gasteiger partial charge in [0.05, 0.1) is 0 Å². The van der Waals surface area contributed by atoms with Crippen LogP contribution in [0.1, 0.15) is 40.0 Å². The number of allylic oxidation sites excluding steroid dienone is 6. The van der Waals surface area contributed by atoms with Gasteiger partial charge in [-0.3, -0.25) is 0 Å². The zero-order valence-corrected chi connectivity index (χ0v) is 10.1. The van der Waals surface area contributed by atoms with Crippen molar-refractivity contribution in [1.29, 1.82) is 0 Å². The molecule has 1 aliphatic carbocycles. The Morgan fingerprint density at radius 3 is 2.87 bits per heavy atom. The molecule has 1 aliphatic rings. The number of hydrogen-bond acceptors (Lipinski definition) is 0. The third-order valence-electron chi connectivity index (χ3n) is 2.60. The highest BCUT2D eigenvalue weighted by atomic mass is 14.1. The predicted octanol–water partition coefficient (Wildman–Crippen LogP) is 4.72. The monoisotopic (exact) mass is 200 g/mol. The molecule has 0 heteroatoms. The zero-order valence-electron chi connectivity index (χ0n) is 10.1. The fourth-order valence-corrected chi connectivity index (χ4v) is 1.61. The minimum Gasteiger partial charge on any atom is -0.121 e. The standard InChI is InChI=1S/C15H20/c1-5-14-7-6-8-15(11-12(2)3)13(4)9-10-14/h6,8-9H,2,5,7,11H2,1,3-4H3/b8-6?,15-13+. The van der Waals surface area contributed by atoms with Crippen LogP contribution in [0.3, 0.4) is 0 Å². The molecule has 0 N–H and O–H groups in total. The first-order valence-electron chi connectivity index (χ1n) is 5.58. The van der Waals surface area contributed by atoms with Gasteiger partial charge < -0.3 is 0 Å². The van der Waals surface area contributed by atoms with Crippen molar-refractivity contribution in [1.82, 2.24) is 0 Å². The van der Waals surface area contributed by atoms with Gasteiger partial charge in [0.25, 0.3) is 0 Å². The van der Waals surface area contributed by atoms with Crippen molar-refractivity contribution in [2.75, 3.05) is 0 Å². The first kappa shape index (κ1) is 11.8. The van der Waals surface area contributed by atoms with E-state index in [1.165, 1.54) is 22.3 Å². The van der Waals surface area contributed by atoms with Gasteiger partial charge in [0, 0.05) is 0 Å². The van der Waals surface area contributed by atoms with Gasteiger partial charge in [0.15, 0.2) is 0 Å². The lowest BCUT2D eigenvalue weighted by atomic mass is 9.98. The van der Waals surface area contributed by atoms with Crippen molar-refractivity contribution in [3.05, 3.63) is 52.8 Å². The van der Waals surface area contributed by atoms with Crippen LogP contribution < -0.4 is 0 Å². The summed E-state index contributed by atoms with van der Waals surface area (Å²) in [5.74, 6) is 0. The van der Waals surface area contributed by atoms with Crippen LogP contribution in [0, 0.1) is 0 Å². The lowest BCUT2D eigenvalue weighted by Gasteiger charge is -2.07. The summed E-state index contributed by atoms with van der Waals surface area (Å²) in [6.07, 6.45) is 9.67. The molecule has 0 spiro atoms. The van der Waals surface area contributed by atoms with E-state index < -0.39 is 0 Å². The summed E-state index contributed by atoms with van der Waals surface area (Å²) in [4.78, 5) is 0. The highest BCUT2D eigenvalue weighted by Gasteiger charge is 2.00. The normalized spacial score (nSPS) is 20.9. The maximum atomic E-state index is 3.96. The average molecular weight is 200 g/mol. The molecule has 0 saturated heterocycles. The Morgan fingerprint density at radius 2 is 2.27 bits per heavy atom. The fourth-order valence-electron chi connectivity index (χ4n) is 1.61. The molecular formula is C15H20. The van der Waals surface area contributed by atoms with Crippen LogP contribution in [0.5, 0.6) is 0 Å². The summed E-state index contributed by atoms with van der Waals surface area (Å²) in [7, 11) is 0. The third kappa shape index (κ3) is 3.77. The molecule has 15 heavy (non-hydrogen) atoms. The van der Waals surface area contributed by atoms with Gasteiger partial charge in [-0.15, -0.1) is 5.73 Å². The summed E-state index contributed by atoms with van der Waals surface area (Å²) >= 11 is 0. The Hall–Kier alpha value is -1.26. The molecule has 0 amide bonds. The Bertz CT molecular complexity index is 369. The maximum Gasteiger partial charge on any atom is -0.00594 e. The van der Waals surface area contributed by atoms with Crippen molar-refractivity contribution in [3.63, 3.8) is 0 Å². The van der Waals surface area contributed by atoms with Crippen molar-refractivity contribution >= 4 is 0 Å². The molecule has 0 bridgehead atoms. The predicted molar refractivity (Wildman–Crippen MR) is 67.8 cm³/mol. The second-order valence-corrected chi connectivity index (χ2v) is 4.19. The van der Waals surface area contributed by atoms with Gasteiger partial charge in [-0.1, -0.05) is 31.2 Å². The molecule has 0 unspecified atom stereocenters. The Balaban J connectivity index is 3.00. The quantitative estimate of drug-likeness (QED) is 0.457. The molecule has 1 rings (SSSR count). The molecule has 0 aromatic carbocycles. The third-order valence-corrected chi connectivity index (χ3v) is 2.60. The Labute approximate surface area is 93.4 Å². The van der Waals surface area contributed by atoms with Gasteiger partial charge in [0.2, 0.25) is 0 Å². The molecule has 0 fully saturated rings. The van der Waals surface area contributed by atoms with E-state index in [9.17, 15) is 0 Å². The minimum atomic E-state index is 0.974. The van der Waals surface area contributed by atoms with Crippen molar-refractivity contribution < 1.29 is 0 Å². The Kier molecular flexibility index (Phi) is 4.39. The first-order valence-corrected chi connectivity index (χ1v) is 5.58. The molecule has 0 aromatic heterocycles. The largest absolute Gasteiger partial charge is 0.121 e. The average Bonchev–Trinajstić information content (AvgIpc) is 2.17. The summed E-state index contributed by atoms with van der Waals surface area (Å²) in [5.41, 5.74) is 8.63. The highest BCUT2D eigenvalue weighted by molar-refractivity contribution is 5.36. The molecule has 0 atom stereocenters. The lowest BCUT2D eigenvalue weighted by molar-refractivity contribution is 1.03. The van der Waals surface area contributed by atoms with E-state index in [-0.39, 0.29) is 0 Å². The number of rotatable bonds is 3. The highest BCUT2D eigenvalue weighted by Crippen LogP contribution is 2.19. The van der Waals surface area contributed by atoms with Gasteiger partial charge in [-0.2, -0.15) is 0 Å². The van der Waals surface area contributed by atoms with Crippen LogP contribution in [0.25, 0.3) is 0 Å². The summed E-state index contributed by atoms with van der Waals surface area (Å²) in [5, 5.41) is 0. The van der Waals surface area contributed by atoms with Crippen LogP contribution in [0.4, 0.5) is 0 Å². The van der Waals surface area contributed by atoms with Gasteiger partial charge in [-0.05, 0) is 55.9 Å². The Morgan fingerprint density at radius 1 is 1.53 bits per heavy atom. The van der Waals surface area contributed by atoms with E-state index in [0.717, 1.165) is 19.3 Å². The smallest absolute Gasteiger partial charge is 0.00594 e. The topological polar surface area (TPSA) is 0 Å². The van der Waals surface area contributed by atoms with Crippen LogP contribution in [0.15, 0.2) is 52.8 Å². The van der Waals surface area contributed by atoms with Crippen LogP contribution in [-0.2, 0) is 0 Å². The van der Waals surface area contributed by atoms with Crippen LogP contribution in [-0.4, -0.2) is 0 Å². The van der Waals surface area contributed by atoms with E-state index in [0.29, 0.717) is 0 Å². The first-order chi connectivity index (χ1) is 7.13. The van der Waals surface area contributed by atoms with E-state index in [2.05, 4.69) is 51.3 Å². The fraction of sp³-hybridized carbons (Fsp3) is 0.400. The van der Waals surface area contributed by atoms with Crippen molar-refractivity contribution in [2.45, 2.75) is 40.0 Å². The van der Waals surface area contributed by atoms with E-state index in [4.69, 9.17) is 0 Å². The second kappa shape index (κ2) is 5.58. The second-order valence-electron chi connectivity index (χ2n) is 4.19. The summed E-state index contributed by atoms with van der Waals surface area (Å²) < 4.78 is 0. The molecule has 0 nitrogen and oxygen atoms in total. The molecule has 0 aromatic rings. The van der Waals surface area contributed by atoms with E-state index >= 15 is 0 Å². The lowest BCUT2D eigenvalue weighted by Crippen LogP contribution is -1.88. The van der Waals surface area contributed by atoms with Gasteiger partial charge in [0.1, 0.15) is 0 Å². The summed E-state index contributed by atoms with van der Waals surface area (Å²) in [6.45, 7) is 10.4. The number of hydrogen-bond donors (Lipinski definition) is 0. The molecule has 80 valence electrons. The van der Waals surface area contributed by atoms with E-state index in [1.807, 2.05) is 0 Å². The van der Waals surface area contributed by atoms with Crippen molar-refractivity contribution in [2.24, 2.45) is 0 Å². The molecule has 0 radical (unpaired) electrons.